The Hall–Kier alpha value is -1.62. The highest BCUT2D eigenvalue weighted by molar-refractivity contribution is 9.10. The summed E-state index contributed by atoms with van der Waals surface area (Å²) < 4.78 is 11.6. The predicted octanol–water partition coefficient (Wildman–Crippen LogP) is 4.15. The zero-order chi connectivity index (χ0) is 14.7. The molecule has 20 heavy (non-hydrogen) atoms. The summed E-state index contributed by atoms with van der Waals surface area (Å²) in [5.74, 6) is 0.183. The molecule has 0 radical (unpaired) electrons. The Morgan fingerprint density at radius 3 is 2.80 bits per heavy atom. The number of halogens is 1. The summed E-state index contributed by atoms with van der Waals surface area (Å²) in [6, 6.07) is 5.85. The SMILES string of the molecule is CCOC(=O)c1oc(-c2cc(Br)ccc2C)nc1CC. The molecule has 2 rings (SSSR count). The van der Waals surface area contributed by atoms with Gasteiger partial charge in [0.1, 0.15) is 0 Å². The average Bonchev–Trinajstić information content (AvgIpc) is 2.86. The average molecular weight is 338 g/mol. The van der Waals surface area contributed by atoms with E-state index in [9.17, 15) is 4.79 Å². The van der Waals surface area contributed by atoms with Crippen molar-refractivity contribution in [3.8, 4) is 11.5 Å². The molecule has 1 aromatic heterocycles. The molecule has 0 fully saturated rings. The van der Waals surface area contributed by atoms with Gasteiger partial charge in [0.05, 0.1) is 12.3 Å². The summed E-state index contributed by atoms with van der Waals surface area (Å²) in [7, 11) is 0. The van der Waals surface area contributed by atoms with Crippen molar-refractivity contribution in [2.75, 3.05) is 6.61 Å². The van der Waals surface area contributed by atoms with Gasteiger partial charge in [-0.3, -0.25) is 0 Å². The van der Waals surface area contributed by atoms with Gasteiger partial charge in [0.15, 0.2) is 0 Å². The van der Waals surface area contributed by atoms with Crippen LogP contribution in [0.4, 0.5) is 0 Å². The normalized spacial score (nSPS) is 10.6. The van der Waals surface area contributed by atoms with Crippen LogP contribution in [0.5, 0.6) is 0 Å². The Balaban J connectivity index is 2.48. The van der Waals surface area contributed by atoms with E-state index in [1.54, 1.807) is 6.92 Å². The van der Waals surface area contributed by atoms with E-state index < -0.39 is 5.97 Å². The zero-order valence-corrected chi connectivity index (χ0v) is 13.3. The molecule has 1 heterocycles. The lowest BCUT2D eigenvalue weighted by atomic mass is 10.1. The van der Waals surface area contributed by atoms with Crippen LogP contribution in [-0.2, 0) is 11.2 Å². The summed E-state index contributed by atoms with van der Waals surface area (Å²) in [6.45, 7) is 5.98. The van der Waals surface area contributed by atoms with Crippen molar-refractivity contribution in [1.82, 2.24) is 4.98 Å². The van der Waals surface area contributed by atoms with Gasteiger partial charge in [0.2, 0.25) is 11.7 Å². The number of hydrogen-bond acceptors (Lipinski definition) is 4. The first-order chi connectivity index (χ1) is 9.56. The van der Waals surface area contributed by atoms with Gasteiger partial charge in [-0.25, -0.2) is 9.78 Å². The lowest BCUT2D eigenvalue weighted by Crippen LogP contribution is -2.05. The Morgan fingerprint density at radius 1 is 1.40 bits per heavy atom. The van der Waals surface area contributed by atoms with Crippen LogP contribution in [0.15, 0.2) is 27.1 Å². The number of ether oxygens (including phenoxy) is 1. The minimum atomic E-state index is -0.462. The maximum atomic E-state index is 11.9. The second-order valence-electron chi connectivity index (χ2n) is 4.33. The number of esters is 1. The molecule has 0 saturated carbocycles. The predicted molar refractivity (Wildman–Crippen MR) is 79.7 cm³/mol. The maximum absolute atomic E-state index is 11.9. The van der Waals surface area contributed by atoms with E-state index in [-0.39, 0.29) is 5.76 Å². The van der Waals surface area contributed by atoms with E-state index in [2.05, 4.69) is 20.9 Å². The van der Waals surface area contributed by atoms with Crippen molar-refractivity contribution in [3.05, 3.63) is 39.7 Å². The third-order valence-corrected chi connectivity index (χ3v) is 3.42. The summed E-state index contributed by atoms with van der Waals surface area (Å²) in [5, 5.41) is 0. The topological polar surface area (TPSA) is 52.3 Å². The van der Waals surface area contributed by atoms with Gasteiger partial charge >= 0.3 is 5.97 Å². The van der Waals surface area contributed by atoms with Crippen molar-refractivity contribution >= 4 is 21.9 Å². The van der Waals surface area contributed by atoms with Crippen LogP contribution < -0.4 is 0 Å². The summed E-state index contributed by atoms with van der Waals surface area (Å²) in [5.41, 5.74) is 2.52. The molecule has 0 amide bonds. The number of nitrogens with zero attached hydrogens (tertiary/aromatic N) is 1. The van der Waals surface area contributed by atoms with Crippen LogP contribution in [0.2, 0.25) is 0 Å². The third-order valence-electron chi connectivity index (χ3n) is 2.92. The molecule has 4 nitrogen and oxygen atoms in total. The molecule has 0 unspecified atom stereocenters. The number of hydrogen-bond donors (Lipinski definition) is 0. The molecule has 0 saturated heterocycles. The summed E-state index contributed by atoms with van der Waals surface area (Å²) in [4.78, 5) is 16.3. The molecule has 0 aliphatic rings. The van der Waals surface area contributed by atoms with Crippen molar-refractivity contribution < 1.29 is 13.9 Å². The lowest BCUT2D eigenvalue weighted by molar-refractivity contribution is 0.0489. The smallest absolute Gasteiger partial charge is 0.376 e. The minimum Gasteiger partial charge on any atom is -0.460 e. The summed E-state index contributed by atoms with van der Waals surface area (Å²) >= 11 is 3.43. The van der Waals surface area contributed by atoms with Crippen molar-refractivity contribution in [2.45, 2.75) is 27.2 Å². The fourth-order valence-corrected chi connectivity index (χ4v) is 2.25. The first kappa shape index (κ1) is 14.8. The zero-order valence-electron chi connectivity index (χ0n) is 11.7. The van der Waals surface area contributed by atoms with Crippen molar-refractivity contribution in [2.24, 2.45) is 0 Å². The molecule has 0 bridgehead atoms. The second kappa shape index (κ2) is 6.22. The van der Waals surface area contributed by atoms with E-state index >= 15 is 0 Å². The Labute approximate surface area is 126 Å². The van der Waals surface area contributed by atoms with Gasteiger partial charge in [0.25, 0.3) is 0 Å². The standard InChI is InChI=1S/C15H16BrNO3/c1-4-12-13(15(18)19-5-2)20-14(17-12)11-8-10(16)7-6-9(11)3/h6-8H,4-5H2,1-3H3. The van der Waals surface area contributed by atoms with Gasteiger partial charge in [-0.05, 0) is 38.0 Å². The van der Waals surface area contributed by atoms with Crippen LogP contribution >= 0.6 is 15.9 Å². The molecule has 2 aromatic rings. The van der Waals surface area contributed by atoms with Crippen LogP contribution in [0.25, 0.3) is 11.5 Å². The first-order valence-electron chi connectivity index (χ1n) is 6.50. The molecular formula is C15H16BrNO3. The van der Waals surface area contributed by atoms with Gasteiger partial charge in [-0.15, -0.1) is 0 Å². The van der Waals surface area contributed by atoms with Crippen LogP contribution in [0, 0.1) is 6.92 Å². The van der Waals surface area contributed by atoms with E-state index in [0.29, 0.717) is 24.6 Å². The highest BCUT2D eigenvalue weighted by Gasteiger charge is 2.21. The molecule has 0 atom stereocenters. The van der Waals surface area contributed by atoms with Crippen LogP contribution in [-0.4, -0.2) is 17.6 Å². The first-order valence-corrected chi connectivity index (χ1v) is 7.29. The lowest BCUT2D eigenvalue weighted by Gasteiger charge is -2.01. The molecule has 0 aliphatic carbocycles. The molecule has 0 N–H and O–H groups in total. The van der Waals surface area contributed by atoms with Crippen molar-refractivity contribution in [1.29, 1.82) is 0 Å². The summed E-state index contributed by atoms with van der Waals surface area (Å²) in [6.07, 6.45) is 0.616. The molecule has 1 aromatic carbocycles. The monoisotopic (exact) mass is 337 g/mol. The Kier molecular flexibility index (Phi) is 4.60. The molecule has 5 heteroatoms. The van der Waals surface area contributed by atoms with Gasteiger partial charge in [-0.2, -0.15) is 0 Å². The Morgan fingerprint density at radius 2 is 2.15 bits per heavy atom. The number of oxazole rings is 1. The number of aromatic nitrogens is 1. The minimum absolute atomic E-state index is 0.198. The molecule has 0 spiro atoms. The fourth-order valence-electron chi connectivity index (χ4n) is 1.89. The quantitative estimate of drug-likeness (QED) is 0.786. The molecule has 0 aliphatic heterocycles. The Bertz CT molecular complexity index is 634. The van der Waals surface area contributed by atoms with E-state index in [4.69, 9.17) is 9.15 Å². The van der Waals surface area contributed by atoms with Gasteiger partial charge in [-0.1, -0.05) is 28.9 Å². The number of carbonyl (C=O) groups excluding carboxylic acids is 1. The van der Waals surface area contributed by atoms with Gasteiger partial charge < -0.3 is 9.15 Å². The van der Waals surface area contributed by atoms with E-state index in [1.807, 2.05) is 32.0 Å². The van der Waals surface area contributed by atoms with Gasteiger partial charge in [0, 0.05) is 10.0 Å². The maximum Gasteiger partial charge on any atom is 0.376 e. The highest BCUT2D eigenvalue weighted by Crippen LogP contribution is 2.28. The third kappa shape index (κ3) is 2.93. The van der Waals surface area contributed by atoms with Crippen molar-refractivity contribution in [3.63, 3.8) is 0 Å². The van der Waals surface area contributed by atoms with Crippen LogP contribution in [0.1, 0.15) is 35.7 Å². The highest BCUT2D eigenvalue weighted by atomic mass is 79.9. The number of carbonyl (C=O) groups is 1. The molecule has 106 valence electrons. The number of benzene rings is 1. The molecular weight excluding hydrogens is 322 g/mol. The van der Waals surface area contributed by atoms with E-state index in [0.717, 1.165) is 15.6 Å². The fraction of sp³-hybridized carbons (Fsp3) is 0.333. The van der Waals surface area contributed by atoms with Crippen LogP contribution in [0.3, 0.4) is 0 Å². The largest absolute Gasteiger partial charge is 0.460 e. The number of rotatable bonds is 4. The van der Waals surface area contributed by atoms with E-state index in [1.165, 1.54) is 0 Å². The number of aryl methyl sites for hydroxylation is 2. The second-order valence-corrected chi connectivity index (χ2v) is 5.24.